The molecule has 0 spiro atoms. The molecule has 8 heteroatoms. The van der Waals surface area contributed by atoms with Gasteiger partial charge < -0.3 is 4.42 Å². The van der Waals surface area contributed by atoms with Crippen LogP contribution in [0.25, 0.3) is 5.82 Å². The predicted molar refractivity (Wildman–Crippen MR) is 95.1 cm³/mol. The average molecular weight is 354 g/mol. The van der Waals surface area contributed by atoms with E-state index in [4.69, 9.17) is 4.42 Å². The van der Waals surface area contributed by atoms with Crippen LogP contribution in [-0.2, 0) is 13.1 Å². The van der Waals surface area contributed by atoms with Crippen LogP contribution >= 0.6 is 0 Å². The van der Waals surface area contributed by atoms with Gasteiger partial charge in [-0.1, -0.05) is 0 Å². The first-order valence-corrected chi connectivity index (χ1v) is 8.73. The van der Waals surface area contributed by atoms with E-state index in [1.54, 1.807) is 27.8 Å². The highest BCUT2D eigenvalue weighted by molar-refractivity contribution is 5.23. The van der Waals surface area contributed by atoms with Crippen molar-refractivity contribution in [2.75, 3.05) is 13.1 Å². The summed E-state index contributed by atoms with van der Waals surface area (Å²) in [5, 5.41) is 8.95. The average Bonchev–Trinajstić information content (AvgIpc) is 3.12. The molecule has 1 aliphatic heterocycles. The van der Waals surface area contributed by atoms with Gasteiger partial charge in [0.2, 0.25) is 0 Å². The summed E-state index contributed by atoms with van der Waals surface area (Å²) in [5.41, 5.74) is 2.79. The van der Waals surface area contributed by atoms with E-state index in [-0.39, 0.29) is 5.56 Å². The molecule has 3 aromatic heterocycles. The van der Waals surface area contributed by atoms with Crippen LogP contribution in [0, 0.1) is 26.7 Å². The highest BCUT2D eigenvalue weighted by Gasteiger charge is 2.28. The van der Waals surface area contributed by atoms with Gasteiger partial charge in [-0.3, -0.25) is 9.69 Å². The molecular weight excluding hydrogens is 332 g/mol. The summed E-state index contributed by atoms with van der Waals surface area (Å²) in [6.45, 7) is 9.00. The summed E-state index contributed by atoms with van der Waals surface area (Å²) in [6.07, 6.45) is 1.70. The molecule has 1 fully saturated rings. The monoisotopic (exact) mass is 354 g/mol. The van der Waals surface area contributed by atoms with Gasteiger partial charge in [0.25, 0.3) is 5.56 Å². The van der Waals surface area contributed by atoms with Gasteiger partial charge in [0.15, 0.2) is 11.7 Å². The van der Waals surface area contributed by atoms with Crippen molar-refractivity contribution in [1.29, 1.82) is 0 Å². The number of oxazole rings is 1. The van der Waals surface area contributed by atoms with Crippen molar-refractivity contribution >= 4 is 0 Å². The number of nitrogens with zero attached hydrogens (tertiary/aromatic N) is 6. The van der Waals surface area contributed by atoms with Gasteiger partial charge in [-0.2, -0.15) is 5.10 Å². The molecule has 0 bridgehead atoms. The number of likely N-dealkylation sites (tertiary alicyclic amines) is 1. The minimum atomic E-state index is -0.0825. The Labute approximate surface area is 151 Å². The third-order valence-corrected chi connectivity index (χ3v) is 4.60. The minimum absolute atomic E-state index is 0.0825. The number of aromatic nitrogens is 5. The molecule has 3 aromatic rings. The lowest BCUT2D eigenvalue weighted by Gasteiger charge is -2.38. The van der Waals surface area contributed by atoms with Crippen molar-refractivity contribution in [3.63, 3.8) is 0 Å². The van der Waals surface area contributed by atoms with Gasteiger partial charge in [0.1, 0.15) is 6.26 Å². The molecule has 8 nitrogen and oxygen atoms in total. The van der Waals surface area contributed by atoms with Gasteiger partial charge in [0.05, 0.1) is 17.9 Å². The standard InChI is InChI=1S/C18H22N6O2/c1-12-6-13(2)24(20-12)17-4-5-18(25)23(21-17)9-15-7-22(8-15)10-16-11-26-14(3)19-16/h4-6,11,15H,7-10H2,1-3H3. The van der Waals surface area contributed by atoms with Gasteiger partial charge in [-0.25, -0.2) is 14.3 Å². The smallest absolute Gasteiger partial charge is 0.266 e. The molecule has 1 aliphatic rings. The fourth-order valence-corrected chi connectivity index (χ4v) is 3.42. The van der Waals surface area contributed by atoms with Crippen molar-refractivity contribution in [3.05, 3.63) is 57.8 Å². The number of hydrogen-bond donors (Lipinski definition) is 0. The number of rotatable bonds is 5. The molecule has 4 heterocycles. The first kappa shape index (κ1) is 16.7. The SMILES string of the molecule is Cc1cc(C)n(-c2ccc(=O)n(CC3CN(Cc4coc(C)n4)C3)n2)n1. The lowest BCUT2D eigenvalue weighted by Crippen LogP contribution is -2.49. The third kappa shape index (κ3) is 3.32. The zero-order valence-electron chi connectivity index (χ0n) is 15.2. The van der Waals surface area contributed by atoms with E-state index >= 15 is 0 Å². The predicted octanol–water partition coefficient (Wildman–Crippen LogP) is 1.47. The second kappa shape index (κ2) is 6.53. The lowest BCUT2D eigenvalue weighted by atomic mass is 10.00. The van der Waals surface area contributed by atoms with Gasteiger partial charge >= 0.3 is 0 Å². The first-order chi connectivity index (χ1) is 12.5. The molecule has 1 saturated heterocycles. The van der Waals surface area contributed by atoms with Gasteiger partial charge in [-0.05, 0) is 26.0 Å². The highest BCUT2D eigenvalue weighted by Crippen LogP contribution is 2.19. The summed E-state index contributed by atoms with van der Waals surface area (Å²) in [6, 6.07) is 5.28. The fraction of sp³-hybridized carbons (Fsp3) is 0.444. The van der Waals surface area contributed by atoms with Gasteiger partial charge in [0, 0.05) is 44.2 Å². The van der Waals surface area contributed by atoms with Gasteiger partial charge in [-0.15, -0.1) is 5.10 Å². The summed E-state index contributed by atoms with van der Waals surface area (Å²) >= 11 is 0. The highest BCUT2D eigenvalue weighted by atomic mass is 16.3. The lowest BCUT2D eigenvalue weighted by molar-refractivity contribution is 0.0753. The van der Waals surface area contributed by atoms with Crippen LogP contribution in [0.2, 0.25) is 0 Å². The van der Waals surface area contributed by atoms with E-state index in [1.165, 1.54) is 0 Å². The quantitative estimate of drug-likeness (QED) is 0.690. The molecule has 0 aliphatic carbocycles. The Morgan fingerprint density at radius 2 is 2.00 bits per heavy atom. The third-order valence-electron chi connectivity index (χ3n) is 4.60. The molecule has 0 amide bonds. The largest absolute Gasteiger partial charge is 0.449 e. The topological polar surface area (TPSA) is 82.0 Å². The Hall–Kier alpha value is -2.74. The fourth-order valence-electron chi connectivity index (χ4n) is 3.42. The number of aryl methyl sites for hydroxylation is 3. The maximum atomic E-state index is 12.2. The molecule has 0 unspecified atom stereocenters. The summed E-state index contributed by atoms with van der Waals surface area (Å²) < 4.78 is 8.56. The summed E-state index contributed by atoms with van der Waals surface area (Å²) in [4.78, 5) is 18.8. The molecular formula is C18H22N6O2. The summed E-state index contributed by atoms with van der Waals surface area (Å²) in [7, 11) is 0. The Balaban J connectivity index is 1.42. The van der Waals surface area contributed by atoms with Crippen LogP contribution in [0.5, 0.6) is 0 Å². The van der Waals surface area contributed by atoms with E-state index in [0.717, 1.165) is 36.7 Å². The van der Waals surface area contributed by atoms with E-state index in [2.05, 4.69) is 20.1 Å². The zero-order chi connectivity index (χ0) is 18.3. The molecule has 0 N–H and O–H groups in total. The van der Waals surface area contributed by atoms with Crippen molar-refractivity contribution in [3.8, 4) is 5.82 Å². The molecule has 0 saturated carbocycles. The van der Waals surface area contributed by atoms with E-state index in [0.29, 0.717) is 24.2 Å². The Morgan fingerprint density at radius 3 is 2.65 bits per heavy atom. The molecule has 136 valence electrons. The maximum Gasteiger partial charge on any atom is 0.266 e. The Bertz CT molecular complexity index is 980. The Kier molecular flexibility index (Phi) is 4.20. The second-order valence-corrected chi connectivity index (χ2v) is 6.97. The molecule has 26 heavy (non-hydrogen) atoms. The molecule has 4 rings (SSSR count). The minimum Gasteiger partial charge on any atom is -0.449 e. The zero-order valence-corrected chi connectivity index (χ0v) is 15.2. The normalized spacial score (nSPS) is 15.3. The summed E-state index contributed by atoms with van der Waals surface area (Å²) in [5.74, 6) is 1.77. The van der Waals surface area contributed by atoms with Crippen LogP contribution in [0.1, 0.15) is 23.0 Å². The van der Waals surface area contributed by atoms with E-state index in [1.807, 2.05) is 26.8 Å². The number of hydrogen-bond acceptors (Lipinski definition) is 6. The van der Waals surface area contributed by atoms with Crippen molar-refractivity contribution < 1.29 is 4.42 Å². The van der Waals surface area contributed by atoms with Crippen molar-refractivity contribution in [1.82, 2.24) is 29.4 Å². The van der Waals surface area contributed by atoms with E-state index in [9.17, 15) is 4.79 Å². The van der Waals surface area contributed by atoms with Crippen LogP contribution in [0.15, 0.2) is 33.7 Å². The van der Waals surface area contributed by atoms with Crippen LogP contribution in [0.3, 0.4) is 0 Å². The van der Waals surface area contributed by atoms with Crippen LogP contribution in [-0.4, -0.2) is 42.5 Å². The van der Waals surface area contributed by atoms with E-state index < -0.39 is 0 Å². The second-order valence-electron chi connectivity index (χ2n) is 6.97. The molecule has 0 atom stereocenters. The van der Waals surface area contributed by atoms with Crippen LogP contribution in [0.4, 0.5) is 0 Å². The van der Waals surface area contributed by atoms with Crippen molar-refractivity contribution in [2.24, 2.45) is 5.92 Å². The maximum absolute atomic E-state index is 12.2. The van der Waals surface area contributed by atoms with Crippen molar-refractivity contribution in [2.45, 2.75) is 33.9 Å². The molecule has 0 radical (unpaired) electrons. The Morgan fingerprint density at radius 1 is 1.19 bits per heavy atom. The van der Waals surface area contributed by atoms with Crippen LogP contribution < -0.4 is 5.56 Å². The molecule has 0 aromatic carbocycles. The first-order valence-electron chi connectivity index (χ1n) is 8.73.